The molecule has 2 unspecified atom stereocenters. The van der Waals surface area contributed by atoms with Crippen LogP contribution in [0.1, 0.15) is 32.4 Å². The molecule has 0 spiro atoms. The highest BCUT2D eigenvalue weighted by Crippen LogP contribution is 2.26. The van der Waals surface area contributed by atoms with Gasteiger partial charge in [-0.25, -0.2) is 9.18 Å². The molecular weight excluding hydrogens is 289 g/mol. The third kappa shape index (κ3) is 3.96. The average molecular weight is 311 g/mol. The van der Waals surface area contributed by atoms with Crippen molar-refractivity contribution in [2.24, 2.45) is 0 Å². The SMILES string of the molecule is CC(C)(C)OC(=O)N1CCOCC1C(O)c1ccccc1F. The molecule has 1 fully saturated rings. The van der Waals surface area contributed by atoms with Crippen molar-refractivity contribution in [3.8, 4) is 0 Å². The van der Waals surface area contributed by atoms with Gasteiger partial charge in [-0.15, -0.1) is 0 Å². The molecule has 0 saturated carbocycles. The Labute approximate surface area is 129 Å². The van der Waals surface area contributed by atoms with Gasteiger partial charge in [-0.05, 0) is 26.8 Å². The standard InChI is InChI=1S/C16H22FNO4/c1-16(2,3)22-15(20)18-8-9-21-10-13(18)14(19)11-6-4-5-7-12(11)17/h4-7,13-14,19H,8-10H2,1-3H3. The number of ether oxygens (including phenoxy) is 2. The maximum atomic E-state index is 13.9. The Bertz CT molecular complexity index is 529. The normalized spacial score (nSPS) is 20.6. The van der Waals surface area contributed by atoms with Crippen molar-refractivity contribution >= 4 is 6.09 Å². The predicted octanol–water partition coefficient (Wildman–Crippen LogP) is 2.50. The number of rotatable bonds is 2. The van der Waals surface area contributed by atoms with E-state index in [-0.39, 0.29) is 12.2 Å². The number of aliphatic hydroxyl groups is 1. The van der Waals surface area contributed by atoms with Gasteiger partial charge in [0.25, 0.3) is 0 Å². The van der Waals surface area contributed by atoms with E-state index in [1.54, 1.807) is 32.9 Å². The smallest absolute Gasteiger partial charge is 0.410 e. The van der Waals surface area contributed by atoms with Crippen LogP contribution in [-0.4, -0.2) is 47.5 Å². The van der Waals surface area contributed by atoms with E-state index in [9.17, 15) is 14.3 Å². The van der Waals surface area contributed by atoms with E-state index in [1.165, 1.54) is 17.0 Å². The maximum Gasteiger partial charge on any atom is 0.410 e. The molecule has 1 aliphatic rings. The number of benzene rings is 1. The number of aliphatic hydroxyl groups excluding tert-OH is 1. The first kappa shape index (κ1) is 16.7. The molecule has 1 amide bonds. The highest BCUT2D eigenvalue weighted by molar-refractivity contribution is 5.69. The molecule has 2 atom stereocenters. The summed E-state index contributed by atoms with van der Waals surface area (Å²) in [6.45, 7) is 6.11. The van der Waals surface area contributed by atoms with Crippen LogP contribution in [0.15, 0.2) is 24.3 Å². The highest BCUT2D eigenvalue weighted by Gasteiger charge is 2.36. The summed E-state index contributed by atoms with van der Waals surface area (Å²) < 4.78 is 24.6. The molecule has 0 bridgehead atoms. The van der Waals surface area contributed by atoms with Crippen LogP contribution in [0.5, 0.6) is 0 Å². The minimum Gasteiger partial charge on any atom is -0.444 e. The van der Waals surface area contributed by atoms with Gasteiger partial charge in [0.1, 0.15) is 17.5 Å². The number of morpholine rings is 1. The van der Waals surface area contributed by atoms with Crippen LogP contribution in [0.4, 0.5) is 9.18 Å². The van der Waals surface area contributed by atoms with Crippen molar-refractivity contribution in [2.45, 2.75) is 38.5 Å². The monoisotopic (exact) mass is 311 g/mol. The number of halogens is 1. The summed E-state index contributed by atoms with van der Waals surface area (Å²) in [5.41, 5.74) is -0.491. The average Bonchev–Trinajstić information content (AvgIpc) is 2.45. The Morgan fingerprint density at radius 2 is 2.14 bits per heavy atom. The van der Waals surface area contributed by atoms with E-state index >= 15 is 0 Å². The minimum absolute atomic E-state index is 0.134. The second-order valence-electron chi connectivity index (χ2n) is 6.28. The fourth-order valence-electron chi connectivity index (χ4n) is 2.35. The molecule has 6 heteroatoms. The fraction of sp³-hybridized carbons (Fsp3) is 0.562. The zero-order valence-electron chi connectivity index (χ0n) is 13.1. The third-order valence-electron chi connectivity index (χ3n) is 3.38. The van der Waals surface area contributed by atoms with E-state index in [4.69, 9.17) is 9.47 Å². The molecule has 1 aliphatic heterocycles. The molecule has 1 aromatic carbocycles. The Morgan fingerprint density at radius 1 is 1.45 bits per heavy atom. The highest BCUT2D eigenvalue weighted by atomic mass is 19.1. The summed E-state index contributed by atoms with van der Waals surface area (Å²) in [4.78, 5) is 13.7. The van der Waals surface area contributed by atoms with Crippen LogP contribution in [0.25, 0.3) is 0 Å². The summed E-state index contributed by atoms with van der Waals surface area (Å²) in [6, 6.07) is 5.29. The number of carbonyl (C=O) groups is 1. The topological polar surface area (TPSA) is 59.0 Å². The first-order valence-corrected chi connectivity index (χ1v) is 7.29. The van der Waals surface area contributed by atoms with Gasteiger partial charge >= 0.3 is 6.09 Å². The van der Waals surface area contributed by atoms with Gasteiger partial charge in [-0.2, -0.15) is 0 Å². The lowest BCUT2D eigenvalue weighted by atomic mass is 10.0. The first-order chi connectivity index (χ1) is 10.3. The molecule has 1 heterocycles. The van der Waals surface area contributed by atoms with Gasteiger partial charge in [0.05, 0.1) is 19.3 Å². The van der Waals surface area contributed by atoms with Crippen molar-refractivity contribution in [3.05, 3.63) is 35.6 Å². The Balaban J connectivity index is 2.19. The summed E-state index contributed by atoms with van der Waals surface area (Å²) in [7, 11) is 0. The van der Waals surface area contributed by atoms with Crippen molar-refractivity contribution in [1.29, 1.82) is 0 Å². The van der Waals surface area contributed by atoms with Gasteiger partial charge in [0.2, 0.25) is 0 Å². The predicted molar refractivity (Wildman–Crippen MR) is 78.9 cm³/mol. The van der Waals surface area contributed by atoms with E-state index in [0.717, 1.165) is 0 Å². The first-order valence-electron chi connectivity index (χ1n) is 7.29. The van der Waals surface area contributed by atoms with E-state index in [0.29, 0.717) is 13.2 Å². The molecule has 0 aliphatic carbocycles. The number of hydrogen-bond donors (Lipinski definition) is 1. The summed E-state index contributed by atoms with van der Waals surface area (Å²) >= 11 is 0. The second kappa shape index (κ2) is 6.62. The molecule has 22 heavy (non-hydrogen) atoms. The Kier molecular flexibility index (Phi) is 5.03. The molecule has 122 valence electrons. The lowest BCUT2D eigenvalue weighted by Gasteiger charge is -2.38. The minimum atomic E-state index is -1.17. The molecule has 5 nitrogen and oxygen atoms in total. The van der Waals surface area contributed by atoms with Crippen LogP contribution >= 0.6 is 0 Å². The van der Waals surface area contributed by atoms with Crippen LogP contribution in [-0.2, 0) is 9.47 Å². The lowest BCUT2D eigenvalue weighted by Crippen LogP contribution is -2.52. The second-order valence-corrected chi connectivity index (χ2v) is 6.28. The molecule has 1 saturated heterocycles. The van der Waals surface area contributed by atoms with Crippen molar-refractivity contribution in [3.63, 3.8) is 0 Å². The summed E-state index contributed by atoms with van der Waals surface area (Å²) in [6.07, 6.45) is -1.70. The fourth-order valence-corrected chi connectivity index (χ4v) is 2.35. The van der Waals surface area contributed by atoms with Gasteiger partial charge < -0.3 is 14.6 Å². The van der Waals surface area contributed by atoms with Crippen molar-refractivity contribution in [2.75, 3.05) is 19.8 Å². The molecule has 0 aromatic heterocycles. The number of amides is 1. The van der Waals surface area contributed by atoms with Crippen LogP contribution in [0.2, 0.25) is 0 Å². The Hall–Kier alpha value is -1.66. The zero-order valence-corrected chi connectivity index (χ0v) is 13.1. The Morgan fingerprint density at radius 3 is 2.77 bits per heavy atom. The molecule has 1 N–H and O–H groups in total. The molecular formula is C16H22FNO4. The van der Waals surface area contributed by atoms with E-state index < -0.39 is 29.7 Å². The number of hydrogen-bond acceptors (Lipinski definition) is 4. The van der Waals surface area contributed by atoms with Crippen LogP contribution < -0.4 is 0 Å². The third-order valence-corrected chi connectivity index (χ3v) is 3.38. The van der Waals surface area contributed by atoms with Gasteiger partial charge in [0.15, 0.2) is 0 Å². The summed E-state index contributed by atoms with van der Waals surface area (Å²) in [5, 5.41) is 10.5. The molecule has 0 radical (unpaired) electrons. The van der Waals surface area contributed by atoms with E-state index in [2.05, 4.69) is 0 Å². The van der Waals surface area contributed by atoms with Crippen LogP contribution in [0.3, 0.4) is 0 Å². The largest absolute Gasteiger partial charge is 0.444 e. The quantitative estimate of drug-likeness (QED) is 0.911. The van der Waals surface area contributed by atoms with Crippen molar-refractivity contribution < 1.29 is 23.8 Å². The summed E-state index contributed by atoms with van der Waals surface area (Å²) in [5.74, 6) is -0.510. The maximum absolute atomic E-state index is 13.9. The lowest BCUT2D eigenvalue weighted by molar-refractivity contribution is -0.0679. The van der Waals surface area contributed by atoms with Crippen molar-refractivity contribution in [1.82, 2.24) is 4.90 Å². The van der Waals surface area contributed by atoms with Gasteiger partial charge in [-0.1, -0.05) is 18.2 Å². The van der Waals surface area contributed by atoms with E-state index in [1.807, 2.05) is 0 Å². The van der Waals surface area contributed by atoms with Gasteiger partial charge in [0, 0.05) is 12.1 Å². The zero-order chi connectivity index (χ0) is 16.3. The van der Waals surface area contributed by atoms with Crippen LogP contribution in [0, 0.1) is 5.82 Å². The number of nitrogens with zero attached hydrogens (tertiary/aromatic N) is 1. The van der Waals surface area contributed by atoms with Gasteiger partial charge in [-0.3, -0.25) is 4.90 Å². The number of carbonyl (C=O) groups excluding carboxylic acids is 1. The molecule has 1 aromatic rings. The molecule has 2 rings (SSSR count).